The third-order valence-corrected chi connectivity index (χ3v) is 4.93. The first-order chi connectivity index (χ1) is 8.30. The molecule has 100 valence electrons. The molecule has 1 aromatic rings. The van der Waals surface area contributed by atoms with Gasteiger partial charge in [-0.3, -0.25) is 0 Å². The summed E-state index contributed by atoms with van der Waals surface area (Å²) in [6, 6.07) is 0. The minimum absolute atomic E-state index is 0.133. The highest BCUT2D eigenvalue weighted by molar-refractivity contribution is 5.29. The van der Waals surface area contributed by atoms with E-state index in [1.807, 2.05) is 6.92 Å². The maximum absolute atomic E-state index is 10.8. The molecule has 3 heteroatoms. The predicted molar refractivity (Wildman–Crippen MR) is 68.0 cm³/mol. The summed E-state index contributed by atoms with van der Waals surface area (Å²) in [6.45, 7) is 6.35. The van der Waals surface area contributed by atoms with E-state index in [0.29, 0.717) is 6.42 Å². The summed E-state index contributed by atoms with van der Waals surface area (Å²) in [7, 11) is 0. The zero-order valence-corrected chi connectivity index (χ0v) is 11.3. The Morgan fingerprint density at radius 1 is 1.22 bits per heavy atom. The van der Waals surface area contributed by atoms with Crippen molar-refractivity contribution in [2.24, 2.45) is 17.3 Å². The van der Waals surface area contributed by atoms with E-state index in [4.69, 9.17) is 4.42 Å². The molecule has 1 heterocycles. The van der Waals surface area contributed by atoms with Crippen LogP contribution >= 0.6 is 0 Å². The molecule has 4 atom stereocenters. The van der Waals surface area contributed by atoms with E-state index in [0.717, 1.165) is 24.0 Å². The number of aliphatic hydroxyl groups is 2. The molecule has 0 aliphatic heterocycles. The SMILES string of the molecule is CC1(C)C[C@@H]2[C@@H](O)c3cocc3C[C@@](C)(O)[C@H]2C1. The lowest BCUT2D eigenvalue weighted by Gasteiger charge is -2.33. The number of furan rings is 1. The lowest BCUT2D eigenvalue weighted by molar-refractivity contribution is -0.0392. The van der Waals surface area contributed by atoms with Crippen molar-refractivity contribution in [3.63, 3.8) is 0 Å². The third kappa shape index (κ3) is 1.72. The summed E-state index contributed by atoms with van der Waals surface area (Å²) >= 11 is 0. The van der Waals surface area contributed by atoms with E-state index in [1.165, 1.54) is 0 Å². The highest BCUT2D eigenvalue weighted by atomic mass is 16.3. The van der Waals surface area contributed by atoms with Crippen LogP contribution in [-0.2, 0) is 6.42 Å². The van der Waals surface area contributed by atoms with Crippen LogP contribution in [0.25, 0.3) is 0 Å². The normalized spacial score (nSPS) is 42.2. The van der Waals surface area contributed by atoms with E-state index in [2.05, 4.69) is 13.8 Å². The van der Waals surface area contributed by atoms with E-state index < -0.39 is 11.7 Å². The molecule has 0 bridgehead atoms. The fourth-order valence-electron chi connectivity index (χ4n) is 4.11. The van der Waals surface area contributed by atoms with Crippen LogP contribution in [0, 0.1) is 17.3 Å². The van der Waals surface area contributed by atoms with Gasteiger partial charge >= 0.3 is 0 Å². The van der Waals surface area contributed by atoms with Crippen molar-refractivity contribution in [1.29, 1.82) is 0 Å². The van der Waals surface area contributed by atoms with Crippen molar-refractivity contribution in [2.75, 3.05) is 0 Å². The van der Waals surface area contributed by atoms with Gasteiger partial charge in [-0.15, -0.1) is 0 Å². The van der Waals surface area contributed by atoms with Gasteiger partial charge in [-0.05, 0) is 42.6 Å². The molecule has 0 saturated heterocycles. The van der Waals surface area contributed by atoms with Crippen molar-refractivity contribution >= 4 is 0 Å². The molecule has 0 aromatic carbocycles. The summed E-state index contributed by atoms with van der Waals surface area (Å²) < 4.78 is 5.22. The number of rotatable bonds is 0. The standard InChI is InChI=1S/C15H22O3/c1-14(2)5-10-12(6-14)15(3,17)4-9-7-18-8-11(9)13(10)16/h7-8,10,12-13,16-17H,4-6H2,1-3H3/t10-,12-,13+,15+/m0/s1. The summed E-state index contributed by atoms with van der Waals surface area (Å²) in [4.78, 5) is 0. The first-order valence-corrected chi connectivity index (χ1v) is 6.76. The summed E-state index contributed by atoms with van der Waals surface area (Å²) in [5.74, 6) is 0.295. The van der Waals surface area contributed by atoms with Crippen LogP contribution in [0.1, 0.15) is 50.8 Å². The Bertz CT molecular complexity index is 458. The Kier molecular flexibility index (Phi) is 2.46. The minimum Gasteiger partial charge on any atom is -0.472 e. The van der Waals surface area contributed by atoms with Gasteiger partial charge in [0.25, 0.3) is 0 Å². The zero-order chi connectivity index (χ0) is 13.1. The van der Waals surface area contributed by atoms with Crippen LogP contribution in [0.2, 0.25) is 0 Å². The Morgan fingerprint density at radius 2 is 1.94 bits per heavy atom. The highest BCUT2D eigenvalue weighted by Gasteiger charge is 2.52. The van der Waals surface area contributed by atoms with Crippen molar-refractivity contribution < 1.29 is 14.6 Å². The lowest BCUT2D eigenvalue weighted by Crippen LogP contribution is -2.38. The Morgan fingerprint density at radius 3 is 2.67 bits per heavy atom. The second kappa shape index (κ2) is 3.61. The van der Waals surface area contributed by atoms with Crippen LogP contribution in [-0.4, -0.2) is 15.8 Å². The number of hydrogen-bond donors (Lipinski definition) is 2. The molecule has 2 N–H and O–H groups in total. The molecule has 1 fully saturated rings. The number of aliphatic hydroxyl groups excluding tert-OH is 1. The van der Waals surface area contributed by atoms with Crippen LogP contribution in [0.15, 0.2) is 16.9 Å². The average molecular weight is 250 g/mol. The maximum Gasteiger partial charge on any atom is 0.0963 e. The molecule has 3 rings (SSSR count). The molecule has 0 amide bonds. The zero-order valence-electron chi connectivity index (χ0n) is 11.3. The minimum atomic E-state index is -0.755. The average Bonchev–Trinajstić information content (AvgIpc) is 2.79. The monoisotopic (exact) mass is 250 g/mol. The first kappa shape index (κ1) is 12.2. The summed E-state index contributed by atoms with van der Waals surface area (Å²) in [6.07, 6.45) is 5.32. The molecule has 0 radical (unpaired) electrons. The Labute approximate surface area is 108 Å². The maximum atomic E-state index is 10.8. The molecule has 0 unspecified atom stereocenters. The van der Waals surface area contributed by atoms with Crippen molar-refractivity contribution in [2.45, 2.75) is 51.7 Å². The van der Waals surface area contributed by atoms with Crippen molar-refractivity contribution in [3.8, 4) is 0 Å². The molecular weight excluding hydrogens is 228 g/mol. The van der Waals surface area contributed by atoms with Crippen molar-refractivity contribution in [3.05, 3.63) is 23.7 Å². The topological polar surface area (TPSA) is 53.6 Å². The van der Waals surface area contributed by atoms with Gasteiger partial charge < -0.3 is 14.6 Å². The van der Waals surface area contributed by atoms with Gasteiger partial charge in [0.15, 0.2) is 0 Å². The van der Waals surface area contributed by atoms with Crippen LogP contribution < -0.4 is 0 Å². The Hall–Kier alpha value is -0.800. The second-order valence-electron chi connectivity index (χ2n) is 7.17. The van der Waals surface area contributed by atoms with Gasteiger partial charge in [0.1, 0.15) is 0 Å². The van der Waals surface area contributed by atoms with Gasteiger partial charge in [0.05, 0.1) is 24.2 Å². The van der Waals surface area contributed by atoms with Crippen LogP contribution in [0.5, 0.6) is 0 Å². The van der Waals surface area contributed by atoms with E-state index >= 15 is 0 Å². The Balaban J connectivity index is 2.06. The molecule has 3 nitrogen and oxygen atoms in total. The highest BCUT2D eigenvalue weighted by Crippen LogP contribution is 2.56. The summed E-state index contributed by atoms with van der Waals surface area (Å²) in [5.41, 5.74) is 1.27. The van der Waals surface area contributed by atoms with E-state index in [1.54, 1.807) is 12.5 Å². The first-order valence-electron chi connectivity index (χ1n) is 6.76. The fraction of sp³-hybridized carbons (Fsp3) is 0.733. The van der Waals surface area contributed by atoms with Gasteiger partial charge in [-0.2, -0.15) is 0 Å². The van der Waals surface area contributed by atoms with Gasteiger partial charge in [0, 0.05) is 12.0 Å². The molecule has 2 aliphatic rings. The molecular formula is C15H22O3. The van der Waals surface area contributed by atoms with Crippen LogP contribution in [0.3, 0.4) is 0 Å². The van der Waals surface area contributed by atoms with Gasteiger partial charge in [-0.1, -0.05) is 13.8 Å². The van der Waals surface area contributed by atoms with Crippen molar-refractivity contribution in [1.82, 2.24) is 0 Å². The van der Waals surface area contributed by atoms with Crippen LogP contribution in [0.4, 0.5) is 0 Å². The van der Waals surface area contributed by atoms with Gasteiger partial charge in [-0.25, -0.2) is 0 Å². The van der Waals surface area contributed by atoms with Gasteiger partial charge in [0.2, 0.25) is 0 Å². The van der Waals surface area contributed by atoms with E-state index in [-0.39, 0.29) is 17.3 Å². The lowest BCUT2D eigenvalue weighted by atomic mass is 9.78. The smallest absolute Gasteiger partial charge is 0.0963 e. The molecule has 0 spiro atoms. The molecule has 1 saturated carbocycles. The molecule has 1 aromatic heterocycles. The summed E-state index contributed by atoms with van der Waals surface area (Å²) in [5, 5.41) is 21.4. The number of hydrogen-bond acceptors (Lipinski definition) is 3. The third-order valence-electron chi connectivity index (χ3n) is 4.93. The van der Waals surface area contributed by atoms with E-state index in [9.17, 15) is 10.2 Å². The quantitative estimate of drug-likeness (QED) is 0.744. The molecule has 18 heavy (non-hydrogen) atoms. The second-order valence-corrected chi connectivity index (χ2v) is 7.17. The predicted octanol–water partition coefficient (Wildman–Crippen LogP) is 2.67. The number of fused-ring (bicyclic) bond motifs is 2. The molecule has 2 aliphatic carbocycles. The fourth-order valence-corrected chi connectivity index (χ4v) is 4.11. The largest absolute Gasteiger partial charge is 0.472 e.